The van der Waals surface area contributed by atoms with E-state index in [0.29, 0.717) is 6.54 Å². The van der Waals surface area contributed by atoms with E-state index in [2.05, 4.69) is 21.2 Å². The number of benzene rings is 1. The van der Waals surface area contributed by atoms with Crippen molar-refractivity contribution in [2.24, 2.45) is 0 Å². The van der Waals surface area contributed by atoms with Crippen LogP contribution in [-0.2, 0) is 4.74 Å². The molecule has 1 atom stereocenters. The third kappa shape index (κ3) is 3.73. The molecule has 0 aliphatic carbocycles. The second-order valence-corrected chi connectivity index (χ2v) is 6.28. The fourth-order valence-electron chi connectivity index (χ4n) is 2.49. The Morgan fingerprint density at radius 3 is 2.65 bits per heavy atom. The number of ether oxygens (including phenoxy) is 1. The Morgan fingerprint density at radius 1 is 1.45 bits per heavy atom. The number of nitrogens with one attached hydrogen (secondary N) is 1. The molecular formula is C15H21BrN2O2. The molecule has 1 fully saturated rings. The summed E-state index contributed by atoms with van der Waals surface area (Å²) in [7, 11) is 1.81. The minimum atomic E-state index is -0.0889. The molecule has 1 aliphatic heterocycles. The smallest absolute Gasteiger partial charge is 0.321 e. The van der Waals surface area contributed by atoms with Crippen molar-refractivity contribution in [3.8, 4) is 0 Å². The Bertz CT molecular complexity index is 476. The largest absolute Gasteiger partial charge is 0.376 e. The molecule has 0 aromatic heterocycles. The molecule has 1 aromatic rings. The Morgan fingerprint density at radius 2 is 2.10 bits per heavy atom. The number of rotatable bonds is 3. The van der Waals surface area contributed by atoms with E-state index in [4.69, 9.17) is 4.74 Å². The van der Waals surface area contributed by atoms with Crippen LogP contribution in [0.25, 0.3) is 0 Å². The minimum Gasteiger partial charge on any atom is -0.376 e. The van der Waals surface area contributed by atoms with Crippen molar-refractivity contribution in [1.29, 1.82) is 0 Å². The number of likely N-dealkylation sites (N-methyl/N-ethyl adjacent to an activating group) is 1. The van der Waals surface area contributed by atoms with Gasteiger partial charge in [0.05, 0.1) is 6.10 Å². The van der Waals surface area contributed by atoms with Crippen LogP contribution in [0, 0.1) is 13.8 Å². The van der Waals surface area contributed by atoms with Crippen LogP contribution < -0.4 is 5.32 Å². The zero-order chi connectivity index (χ0) is 14.7. The zero-order valence-corrected chi connectivity index (χ0v) is 13.8. The summed E-state index contributed by atoms with van der Waals surface area (Å²) in [6.07, 6.45) is 2.30. The van der Waals surface area contributed by atoms with E-state index in [-0.39, 0.29) is 12.1 Å². The van der Waals surface area contributed by atoms with E-state index in [1.807, 2.05) is 26.0 Å². The highest BCUT2D eigenvalue weighted by molar-refractivity contribution is 9.10. The number of anilines is 1. The number of halogens is 1. The van der Waals surface area contributed by atoms with E-state index in [1.165, 1.54) is 0 Å². The monoisotopic (exact) mass is 340 g/mol. The predicted octanol–water partition coefficient (Wildman–Crippen LogP) is 3.71. The third-order valence-electron chi connectivity index (χ3n) is 3.58. The fourth-order valence-corrected chi connectivity index (χ4v) is 3.17. The molecule has 1 N–H and O–H groups in total. The molecule has 110 valence electrons. The summed E-state index contributed by atoms with van der Waals surface area (Å²) in [5, 5.41) is 2.99. The first-order valence-electron chi connectivity index (χ1n) is 6.88. The summed E-state index contributed by atoms with van der Waals surface area (Å²) < 4.78 is 6.59. The molecule has 20 heavy (non-hydrogen) atoms. The Balaban J connectivity index is 2.00. The van der Waals surface area contributed by atoms with Gasteiger partial charge >= 0.3 is 6.03 Å². The summed E-state index contributed by atoms with van der Waals surface area (Å²) >= 11 is 3.46. The van der Waals surface area contributed by atoms with E-state index in [1.54, 1.807) is 11.9 Å². The Hall–Kier alpha value is -1.07. The van der Waals surface area contributed by atoms with Crippen molar-refractivity contribution < 1.29 is 9.53 Å². The normalized spacial score (nSPS) is 18.1. The van der Waals surface area contributed by atoms with Crippen LogP contribution in [0.1, 0.15) is 24.0 Å². The van der Waals surface area contributed by atoms with Gasteiger partial charge in [-0.2, -0.15) is 0 Å². The Labute approximate surface area is 128 Å². The van der Waals surface area contributed by atoms with Crippen LogP contribution in [0.15, 0.2) is 16.6 Å². The van der Waals surface area contributed by atoms with Crippen LogP contribution in [0.5, 0.6) is 0 Å². The molecule has 0 saturated carbocycles. The van der Waals surface area contributed by atoms with Crippen LogP contribution in [0.4, 0.5) is 10.5 Å². The van der Waals surface area contributed by atoms with Crippen molar-refractivity contribution in [2.75, 3.05) is 25.5 Å². The Kier molecular flexibility index (Phi) is 5.05. The summed E-state index contributed by atoms with van der Waals surface area (Å²) in [5.74, 6) is 0. The van der Waals surface area contributed by atoms with Gasteiger partial charge in [-0.15, -0.1) is 0 Å². The number of aryl methyl sites for hydroxylation is 2. The van der Waals surface area contributed by atoms with Crippen LogP contribution >= 0.6 is 15.9 Å². The highest BCUT2D eigenvalue weighted by Crippen LogP contribution is 2.25. The molecule has 0 unspecified atom stereocenters. The SMILES string of the molecule is Cc1cc(Br)cc(C)c1NC(=O)N(C)C[C@@H]1CCCO1. The molecule has 4 nitrogen and oxygen atoms in total. The van der Waals surface area contributed by atoms with Gasteiger partial charge in [0, 0.05) is 30.4 Å². The zero-order valence-electron chi connectivity index (χ0n) is 12.2. The number of hydrogen-bond acceptors (Lipinski definition) is 2. The molecule has 1 aromatic carbocycles. The van der Waals surface area contributed by atoms with Crippen molar-refractivity contribution >= 4 is 27.6 Å². The molecule has 0 bridgehead atoms. The second kappa shape index (κ2) is 6.59. The number of hydrogen-bond donors (Lipinski definition) is 1. The van der Waals surface area contributed by atoms with Gasteiger partial charge in [0.15, 0.2) is 0 Å². The number of urea groups is 1. The predicted molar refractivity (Wildman–Crippen MR) is 84.2 cm³/mol. The van der Waals surface area contributed by atoms with Gasteiger partial charge in [-0.1, -0.05) is 15.9 Å². The third-order valence-corrected chi connectivity index (χ3v) is 4.04. The number of carbonyl (C=O) groups excluding carboxylic acids is 1. The number of nitrogens with zero attached hydrogens (tertiary/aromatic N) is 1. The highest BCUT2D eigenvalue weighted by Gasteiger charge is 2.20. The highest BCUT2D eigenvalue weighted by atomic mass is 79.9. The van der Waals surface area contributed by atoms with Crippen LogP contribution in [-0.4, -0.2) is 37.2 Å². The first-order valence-corrected chi connectivity index (χ1v) is 7.67. The number of carbonyl (C=O) groups is 1. The lowest BCUT2D eigenvalue weighted by Crippen LogP contribution is -2.37. The van der Waals surface area contributed by atoms with Gasteiger partial charge < -0.3 is 15.0 Å². The molecule has 1 aliphatic rings. The van der Waals surface area contributed by atoms with Crippen LogP contribution in [0.3, 0.4) is 0 Å². The first-order chi connectivity index (χ1) is 9.47. The standard InChI is InChI=1S/C15H21BrN2O2/c1-10-7-12(16)8-11(2)14(10)17-15(19)18(3)9-13-5-4-6-20-13/h7-8,13H,4-6,9H2,1-3H3,(H,17,19)/t13-/m0/s1. The topological polar surface area (TPSA) is 41.6 Å². The van der Waals surface area contributed by atoms with Crippen molar-refractivity contribution in [3.05, 3.63) is 27.7 Å². The molecule has 1 saturated heterocycles. The summed E-state index contributed by atoms with van der Waals surface area (Å²) in [6.45, 7) is 5.44. The quantitative estimate of drug-likeness (QED) is 0.911. The van der Waals surface area contributed by atoms with E-state index < -0.39 is 0 Å². The summed E-state index contributed by atoms with van der Waals surface area (Å²) in [4.78, 5) is 13.9. The van der Waals surface area contributed by atoms with Gasteiger partial charge in [0.25, 0.3) is 0 Å². The van der Waals surface area contributed by atoms with E-state index in [0.717, 1.165) is 40.7 Å². The molecule has 0 spiro atoms. The van der Waals surface area contributed by atoms with Crippen LogP contribution in [0.2, 0.25) is 0 Å². The van der Waals surface area contributed by atoms with E-state index >= 15 is 0 Å². The van der Waals surface area contributed by atoms with Gasteiger partial charge in [0.1, 0.15) is 0 Å². The van der Waals surface area contributed by atoms with Gasteiger partial charge in [-0.3, -0.25) is 0 Å². The maximum Gasteiger partial charge on any atom is 0.321 e. The molecular weight excluding hydrogens is 320 g/mol. The average molecular weight is 341 g/mol. The van der Waals surface area contributed by atoms with Crippen molar-refractivity contribution in [1.82, 2.24) is 4.90 Å². The van der Waals surface area contributed by atoms with Gasteiger partial charge in [0.2, 0.25) is 0 Å². The molecule has 0 radical (unpaired) electrons. The summed E-state index contributed by atoms with van der Waals surface area (Å²) in [6, 6.07) is 3.92. The lowest BCUT2D eigenvalue weighted by Gasteiger charge is -2.22. The molecule has 1 heterocycles. The molecule has 2 rings (SSSR count). The van der Waals surface area contributed by atoms with Crippen molar-refractivity contribution in [2.45, 2.75) is 32.8 Å². The van der Waals surface area contributed by atoms with Gasteiger partial charge in [-0.05, 0) is 49.9 Å². The first kappa shape index (κ1) is 15.3. The van der Waals surface area contributed by atoms with Crippen molar-refractivity contribution in [3.63, 3.8) is 0 Å². The lowest BCUT2D eigenvalue weighted by atomic mass is 10.1. The van der Waals surface area contributed by atoms with Gasteiger partial charge in [-0.25, -0.2) is 4.79 Å². The fraction of sp³-hybridized carbons (Fsp3) is 0.533. The molecule has 2 amide bonds. The second-order valence-electron chi connectivity index (χ2n) is 5.36. The number of amides is 2. The maximum atomic E-state index is 12.2. The average Bonchev–Trinajstić information content (AvgIpc) is 2.86. The summed E-state index contributed by atoms with van der Waals surface area (Å²) in [5.41, 5.74) is 2.99. The minimum absolute atomic E-state index is 0.0889. The maximum absolute atomic E-state index is 12.2. The van der Waals surface area contributed by atoms with E-state index in [9.17, 15) is 4.79 Å². The molecule has 5 heteroatoms. The lowest BCUT2D eigenvalue weighted by molar-refractivity contribution is 0.0894.